The molecular weight excluding hydrogens is 314 g/mol. The summed E-state index contributed by atoms with van der Waals surface area (Å²) in [4.78, 5) is 23.3. The molecule has 7 heteroatoms. The number of hydrogen-bond acceptors (Lipinski definition) is 5. The lowest BCUT2D eigenvalue weighted by Crippen LogP contribution is -2.19. The molecule has 2 aromatic rings. The number of carbonyl (C=O) groups is 2. The van der Waals surface area contributed by atoms with E-state index in [9.17, 15) is 14.7 Å². The van der Waals surface area contributed by atoms with Gasteiger partial charge < -0.3 is 19.3 Å². The molecule has 3 rings (SSSR count). The van der Waals surface area contributed by atoms with E-state index in [-0.39, 0.29) is 17.9 Å². The van der Waals surface area contributed by atoms with Crippen molar-refractivity contribution in [1.29, 1.82) is 0 Å². The van der Waals surface area contributed by atoms with E-state index >= 15 is 0 Å². The SMILES string of the molecule is O=C(Nc1cc2c(cc1C(=O)O)OCCO2)OCc1ccccc1. The maximum atomic E-state index is 11.9. The standard InChI is InChI=1S/C17H15NO6/c19-16(20)12-8-14-15(23-7-6-22-14)9-13(12)18-17(21)24-10-11-4-2-1-3-5-11/h1-5,8-9H,6-7,10H2,(H,18,21)(H,19,20). The van der Waals surface area contributed by atoms with Crippen LogP contribution in [0.1, 0.15) is 15.9 Å². The van der Waals surface area contributed by atoms with Crippen molar-refractivity contribution in [3.05, 3.63) is 53.6 Å². The molecule has 0 atom stereocenters. The van der Waals surface area contributed by atoms with Gasteiger partial charge in [-0.25, -0.2) is 9.59 Å². The number of hydrogen-bond donors (Lipinski definition) is 2. The van der Waals surface area contributed by atoms with Gasteiger partial charge in [0.15, 0.2) is 11.5 Å². The molecule has 0 spiro atoms. The molecule has 1 aliphatic heterocycles. The maximum absolute atomic E-state index is 11.9. The fraction of sp³-hybridized carbons (Fsp3) is 0.176. The Morgan fingerprint density at radius 1 is 1.08 bits per heavy atom. The molecule has 24 heavy (non-hydrogen) atoms. The van der Waals surface area contributed by atoms with Gasteiger partial charge in [0.25, 0.3) is 0 Å². The predicted molar refractivity (Wildman–Crippen MR) is 84.6 cm³/mol. The molecule has 0 bridgehead atoms. The van der Waals surface area contributed by atoms with Crippen LogP contribution in [-0.2, 0) is 11.3 Å². The molecule has 0 fully saturated rings. The lowest BCUT2D eigenvalue weighted by molar-refractivity contribution is 0.0697. The Morgan fingerprint density at radius 2 is 1.75 bits per heavy atom. The van der Waals surface area contributed by atoms with E-state index in [1.54, 1.807) is 0 Å². The van der Waals surface area contributed by atoms with Gasteiger partial charge in [-0.15, -0.1) is 0 Å². The molecule has 0 unspecified atom stereocenters. The van der Waals surface area contributed by atoms with Crippen molar-refractivity contribution in [2.45, 2.75) is 6.61 Å². The minimum Gasteiger partial charge on any atom is -0.486 e. The van der Waals surface area contributed by atoms with Crippen LogP contribution in [0.15, 0.2) is 42.5 Å². The van der Waals surface area contributed by atoms with Gasteiger partial charge in [0.1, 0.15) is 19.8 Å². The smallest absolute Gasteiger partial charge is 0.411 e. The highest BCUT2D eigenvalue weighted by Crippen LogP contribution is 2.35. The van der Waals surface area contributed by atoms with E-state index in [2.05, 4.69) is 5.32 Å². The minimum atomic E-state index is -1.19. The molecule has 0 aromatic heterocycles. The lowest BCUT2D eigenvalue weighted by Gasteiger charge is -2.20. The zero-order valence-electron chi connectivity index (χ0n) is 12.7. The second-order valence-electron chi connectivity index (χ2n) is 5.03. The molecule has 1 heterocycles. The second-order valence-corrected chi connectivity index (χ2v) is 5.03. The highest BCUT2D eigenvalue weighted by Gasteiger charge is 2.21. The van der Waals surface area contributed by atoms with Crippen LogP contribution >= 0.6 is 0 Å². The quantitative estimate of drug-likeness (QED) is 0.896. The van der Waals surface area contributed by atoms with Gasteiger partial charge in [0.05, 0.1) is 11.3 Å². The summed E-state index contributed by atoms with van der Waals surface area (Å²) in [6.45, 7) is 0.787. The Morgan fingerprint density at radius 3 is 2.42 bits per heavy atom. The third-order valence-corrected chi connectivity index (χ3v) is 3.36. The first-order chi connectivity index (χ1) is 11.6. The monoisotopic (exact) mass is 329 g/mol. The number of aromatic carboxylic acids is 1. The van der Waals surface area contributed by atoms with Crippen LogP contribution in [0.25, 0.3) is 0 Å². The predicted octanol–water partition coefficient (Wildman–Crippen LogP) is 2.90. The van der Waals surface area contributed by atoms with Gasteiger partial charge >= 0.3 is 12.1 Å². The zero-order valence-corrected chi connectivity index (χ0v) is 12.7. The first kappa shape index (κ1) is 15.7. The summed E-state index contributed by atoms with van der Waals surface area (Å²) in [5.74, 6) is -0.475. The number of benzene rings is 2. The van der Waals surface area contributed by atoms with Crippen LogP contribution in [0.5, 0.6) is 11.5 Å². The van der Waals surface area contributed by atoms with Crippen molar-refractivity contribution < 1.29 is 28.9 Å². The highest BCUT2D eigenvalue weighted by molar-refractivity contribution is 5.99. The summed E-state index contributed by atoms with van der Waals surface area (Å²) in [6, 6.07) is 11.9. The van der Waals surface area contributed by atoms with Crippen LogP contribution in [0.4, 0.5) is 10.5 Å². The minimum absolute atomic E-state index is 0.0830. The van der Waals surface area contributed by atoms with E-state index in [0.717, 1.165) is 5.56 Å². The lowest BCUT2D eigenvalue weighted by atomic mass is 10.1. The van der Waals surface area contributed by atoms with Gasteiger partial charge in [-0.1, -0.05) is 30.3 Å². The molecule has 0 radical (unpaired) electrons. The van der Waals surface area contributed by atoms with Gasteiger partial charge in [0, 0.05) is 12.1 Å². The van der Waals surface area contributed by atoms with E-state index in [4.69, 9.17) is 14.2 Å². The maximum Gasteiger partial charge on any atom is 0.411 e. The number of fused-ring (bicyclic) bond motifs is 1. The van der Waals surface area contributed by atoms with Crippen LogP contribution < -0.4 is 14.8 Å². The summed E-state index contributed by atoms with van der Waals surface area (Å²) < 4.78 is 15.8. The Bertz CT molecular complexity index is 759. The Labute approximate surface area is 137 Å². The Hall–Kier alpha value is -3.22. The van der Waals surface area contributed by atoms with E-state index in [1.807, 2.05) is 30.3 Å². The van der Waals surface area contributed by atoms with Crippen molar-refractivity contribution in [1.82, 2.24) is 0 Å². The summed E-state index contributed by atoms with van der Waals surface area (Å²) in [5.41, 5.74) is 0.814. The average Bonchev–Trinajstić information content (AvgIpc) is 2.60. The van der Waals surface area contributed by atoms with Crippen molar-refractivity contribution in [2.24, 2.45) is 0 Å². The molecule has 0 aliphatic carbocycles. The molecule has 0 saturated carbocycles. The topological polar surface area (TPSA) is 94.1 Å². The summed E-state index contributed by atoms with van der Waals surface area (Å²) in [5, 5.41) is 11.7. The van der Waals surface area contributed by atoms with Gasteiger partial charge in [-0.2, -0.15) is 0 Å². The van der Waals surface area contributed by atoms with E-state index in [1.165, 1.54) is 12.1 Å². The molecule has 7 nitrogen and oxygen atoms in total. The Kier molecular flexibility index (Phi) is 4.51. The second kappa shape index (κ2) is 6.91. The van der Waals surface area contributed by atoms with Gasteiger partial charge in [-0.05, 0) is 5.56 Å². The van der Waals surface area contributed by atoms with Crippen molar-refractivity contribution in [2.75, 3.05) is 18.5 Å². The molecule has 2 N–H and O–H groups in total. The first-order valence-electron chi connectivity index (χ1n) is 7.28. The molecule has 1 aliphatic rings. The number of carbonyl (C=O) groups excluding carboxylic acids is 1. The van der Waals surface area contributed by atoms with Crippen molar-refractivity contribution in [3.63, 3.8) is 0 Å². The Balaban J connectivity index is 1.73. The van der Waals surface area contributed by atoms with Gasteiger partial charge in [0.2, 0.25) is 0 Å². The molecular formula is C17H15NO6. The molecule has 124 valence electrons. The van der Waals surface area contributed by atoms with Crippen LogP contribution in [0.2, 0.25) is 0 Å². The fourth-order valence-corrected chi connectivity index (χ4v) is 2.24. The molecule has 0 saturated heterocycles. The number of ether oxygens (including phenoxy) is 3. The van der Waals surface area contributed by atoms with Crippen molar-refractivity contribution >= 4 is 17.7 Å². The van der Waals surface area contributed by atoms with Crippen LogP contribution in [0, 0.1) is 0 Å². The van der Waals surface area contributed by atoms with Gasteiger partial charge in [-0.3, -0.25) is 5.32 Å². The van der Waals surface area contributed by atoms with Crippen molar-refractivity contribution in [3.8, 4) is 11.5 Å². The molecule has 1 amide bonds. The number of nitrogens with one attached hydrogen (secondary N) is 1. The highest BCUT2D eigenvalue weighted by atomic mass is 16.6. The first-order valence-corrected chi connectivity index (χ1v) is 7.28. The fourth-order valence-electron chi connectivity index (χ4n) is 2.24. The number of rotatable bonds is 4. The average molecular weight is 329 g/mol. The normalized spacial score (nSPS) is 12.3. The summed E-state index contributed by atoms with van der Waals surface area (Å²) >= 11 is 0. The third-order valence-electron chi connectivity index (χ3n) is 3.36. The third kappa shape index (κ3) is 3.57. The number of carboxylic acid groups (broad SMARTS) is 1. The molecule has 2 aromatic carbocycles. The van der Waals surface area contributed by atoms with Crippen LogP contribution in [0.3, 0.4) is 0 Å². The largest absolute Gasteiger partial charge is 0.486 e. The van der Waals surface area contributed by atoms with Crippen LogP contribution in [-0.4, -0.2) is 30.4 Å². The summed E-state index contributed by atoms with van der Waals surface area (Å²) in [6.07, 6.45) is -0.752. The van der Waals surface area contributed by atoms with E-state index in [0.29, 0.717) is 24.7 Å². The number of amides is 1. The summed E-state index contributed by atoms with van der Waals surface area (Å²) in [7, 11) is 0. The number of carboxylic acids is 1. The zero-order chi connectivity index (χ0) is 16.9. The van der Waals surface area contributed by atoms with E-state index < -0.39 is 12.1 Å². The number of anilines is 1.